The fraction of sp³-hybridized carbons (Fsp3) is 0.733. The third kappa shape index (κ3) is 4.07. The lowest BCUT2D eigenvalue weighted by molar-refractivity contribution is 0.337. The van der Waals surface area contributed by atoms with E-state index in [0.29, 0.717) is 0 Å². The van der Waals surface area contributed by atoms with Gasteiger partial charge in [-0.25, -0.2) is 9.97 Å². The summed E-state index contributed by atoms with van der Waals surface area (Å²) in [5.41, 5.74) is 1.11. The van der Waals surface area contributed by atoms with E-state index in [4.69, 9.17) is 0 Å². The highest BCUT2D eigenvalue weighted by molar-refractivity contribution is 5.57. The summed E-state index contributed by atoms with van der Waals surface area (Å²) in [6.07, 6.45) is 3.90. The highest BCUT2D eigenvalue weighted by atomic mass is 15.1. The van der Waals surface area contributed by atoms with Crippen molar-refractivity contribution in [1.29, 1.82) is 0 Å². The molecule has 0 saturated carbocycles. The largest absolute Gasteiger partial charge is 0.370 e. The Hall–Kier alpha value is -1.36. The smallest absolute Gasteiger partial charge is 0.134 e. The maximum atomic E-state index is 4.51. The summed E-state index contributed by atoms with van der Waals surface area (Å²) in [6.45, 7) is 11.7. The molecule has 20 heavy (non-hydrogen) atoms. The third-order valence-corrected chi connectivity index (χ3v) is 3.74. The van der Waals surface area contributed by atoms with Crippen molar-refractivity contribution in [3.05, 3.63) is 11.4 Å². The Morgan fingerprint density at radius 2 is 1.70 bits per heavy atom. The molecular weight excluding hydrogens is 250 g/mol. The van der Waals surface area contributed by atoms with Gasteiger partial charge in [0.2, 0.25) is 0 Å². The number of likely N-dealkylation sites (tertiary alicyclic amines) is 1. The predicted octanol–water partition coefficient (Wildman–Crippen LogP) is 2.42. The number of hydrogen-bond acceptors (Lipinski definition) is 5. The molecule has 0 unspecified atom stereocenters. The maximum absolute atomic E-state index is 4.51. The lowest BCUT2D eigenvalue weighted by atomic mass is 10.3. The van der Waals surface area contributed by atoms with Gasteiger partial charge in [0.25, 0.3) is 0 Å². The van der Waals surface area contributed by atoms with E-state index in [2.05, 4.69) is 39.3 Å². The van der Waals surface area contributed by atoms with Gasteiger partial charge in [0.05, 0.1) is 0 Å². The lowest BCUT2D eigenvalue weighted by Crippen LogP contribution is -2.22. The van der Waals surface area contributed by atoms with Gasteiger partial charge in [0.15, 0.2) is 0 Å². The van der Waals surface area contributed by atoms with Gasteiger partial charge in [-0.2, -0.15) is 0 Å². The van der Waals surface area contributed by atoms with Gasteiger partial charge < -0.3 is 15.5 Å². The van der Waals surface area contributed by atoms with Gasteiger partial charge in [-0.3, -0.25) is 0 Å². The molecule has 1 saturated heterocycles. The van der Waals surface area contributed by atoms with Crippen molar-refractivity contribution in [2.45, 2.75) is 40.0 Å². The van der Waals surface area contributed by atoms with Crippen LogP contribution in [0.3, 0.4) is 0 Å². The Bertz CT molecular complexity index is 427. The number of aryl methyl sites for hydroxylation is 1. The zero-order valence-electron chi connectivity index (χ0n) is 13.0. The standard InChI is InChI=1S/C15H27N5/c1-4-16-14-12(2)15(19-13(3)18-14)17-8-7-11-20-9-5-6-10-20/h4-11H2,1-3H3,(H2,16,17,18,19). The lowest BCUT2D eigenvalue weighted by Gasteiger charge is -2.16. The van der Waals surface area contributed by atoms with Crippen LogP contribution in [0.5, 0.6) is 0 Å². The molecule has 1 fully saturated rings. The molecule has 1 aromatic heterocycles. The summed E-state index contributed by atoms with van der Waals surface area (Å²) < 4.78 is 0. The molecule has 0 aliphatic carbocycles. The van der Waals surface area contributed by atoms with Crippen molar-refractivity contribution in [1.82, 2.24) is 14.9 Å². The molecule has 0 amide bonds. The summed E-state index contributed by atoms with van der Waals surface area (Å²) >= 11 is 0. The number of nitrogens with one attached hydrogen (secondary N) is 2. The van der Waals surface area contributed by atoms with Crippen LogP contribution >= 0.6 is 0 Å². The molecule has 0 atom stereocenters. The second-order valence-electron chi connectivity index (χ2n) is 5.45. The quantitative estimate of drug-likeness (QED) is 0.750. The summed E-state index contributed by atoms with van der Waals surface area (Å²) in [6, 6.07) is 0. The average molecular weight is 277 g/mol. The Morgan fingerprint density at radius 3 is 2.35 bits per heavy atom. The summed E-state index contributed by atoms with van der Waals surface area (Å²) in [7, 11) is 0. The number of anilines is 2. The topological polar surface area (TPSA) is 53.1 Å². The third-order valence-electron chi connectivity index (χ3n) is 3.74. The first-order chi connectivity index (χ1) is 9.70. The Balaban J connectivity index is 1.84. The van der Waals surface area contributed by atoms with Gasteiger partial charge in [0, 0.05) is 18.7 Å². The van der Waals surface area contributed by atoms with Crippen LogP contribution in [-0.2, 0) is 0 Å². The molecule has 0 spiro atoms. The minimum atomic E-state index is 0.814. The monoisotopic (exact) mass is 277 g/mol. The van der Waals surface area contributed by atoms with Crippen LogP contribution in [0.25, 0.3) is 0 Å². The van der Waals surface area contributed by atoms with E-state index in [1.165, 1.54) is 38.9 Å². The Morgan fingerprint density at radius 1 is 1.05 bits per heavy atom. The summed E-state index contributed by atoms with van der Waals surface area (Å²) in [5, 5.41) is 6.75. The average Bonchev–Trinajstić information content (AvgIpc) is 2.93. The fourth-order valence-electron chi connectivity index (χ4n) is 2.66. The first-order valence-corrected chi connectivity index (χ1v) is 7.76. The number of hydrogen-bond donors (Lipinski definition) is 2. The normalized spacial score (nSPS) is 15.6. The molecule has 5 heteroatoms. The minimum absolute atomic E-state index is 0.814. The molecule has 2 rings (SSSR count). The zero-order chi connectivity index (χ0) is 14.4. The maximum Gasteiger partial charge on any atom is 0.134 e. The van der Waals surface area contributed by atoms with E-state index in [0.717, 1.165) is 36.1 Å². The number of aromatic nitrogens is 2. The van der Waals surface area contributed by atoms with Crippen LogP contribution in [0.15, 0.2) is 0 Å². The molecule has 0 bridgehead atoms. The summed E-state index contributed by atoms with van der Waals surface area (Å²) in [5.74, 6) is 2.73. The van der Waals surface area contributed by atoms with Gasteiger partial charge >= 0.3 is 0 Å². The first-order valence-electron chi connectivity index (χ1n) is 7.76. The van der Waals surface area contributed by atoms with Crippen LogP contribution in [0.1, 0.15) is 37.6 Å². The van der Waals surface area contributed by atoms with E-state index >= 15 is 0 Å². The van der Waals surface area contributed by atoms with Crippen molar-refractivity contribution in [3.8, 4) is 0 Å². The molecular formula is C15H27N5. The van der Waals surface area contributed by atoms with E-state index in [1.54, 1.807) is 0 Å². The van der Waals surface area contributed by atoms with E-state index in [-0.39, 0.29) is 0 Å². The van der Waals surface area contributed by atoms with Crippen LogP contribution < -0.4 is 10.6 Å². The predicted molar refractivity (Wildman–Crippen MR) is 84.5 cm³/mol. The fourth-order valence-corrected chi connectivity index (χ4v) is 2.66. The Labute approximate surface area is 122 Å². The van der Waals surface area contributed by atoms with Crippen LogP contribution in [0, 0.1) is 13.8 Å². The molecule has 5 nitrogen and oxygen atoms in total. The number of rotatable bonds is 7. The minimum Gasteiger partial charge on any atom is -0.370 e. The molecule has 0 radical (unpaired) electrons. The van der Waals surface area contributed by atoms with Gasteiger partial charge in [-0.15, -0.1) is 0 Å². The second kappa shape index (κ2) is 7.43. The molecule has 2 heterocycles. The van der Waals surface area contributed by atoms with Gasteiger partial charge in [0.1, 0.15) is 17.5 Å². The van der Waals surface area contributed by atoms with E-state index < -0.39 is 0 Å². The molecule has 0 aromatic carbocycles. The molecule has 2 N–H and O–H groups in total. The second-order valence-corrected chi connectivity index (χ2v) is 5.45. The highest BCUT2D eigenvalue weighted by Gasteiger charge is 2.11. The molecule has 1 aromatic rings. The highest BCUT2D eigenvalue weighted by Crippen LogP contribution is 2.19. The van der Waals surface area contributed by atoms with Crippen molar-refractivity contribution < 1.29 is 0 Å². The SMILES string of the molecule is CCNc1nc(C)nc(NCCCN2CCCC2)c1C. The molecule has 112 valence electrons. The van der Waals surface area contributed by atoms with Crippen LogP contribution in [0.4, 0.5) is 11.6 Å². The van der Waals surface area contributed by atoms with Gasteiger partial charge in [-0.05, 0) is 59.7 Å². The van der Waals surface area contributed by atoms with Gasteiger partial charge in [-0.1, -0.05) is 0 Å². The van der Waals surface area contributed by atoms with Crippen LogP contribution in [-0.4, -0.2) is 47.6 Å². The zero-order valence-corrected chi connectivity index (χ0v) is 13.0. The van der Waals surface area contributed by atoms with Crippen molar-refractivity contribution >= 4 is 11.6 Å². The first kappa shape index (κ1) is 15.0. The summed E-state index contributed by atoms with van der Waals surface area (Å²) in [4.78, 5) is 11.5. The van der Waals surface area contributed by atoms with E-state index in [9.17, 15) is 0 Å². The number of nitrogens with zero attached hydrogens (tertiary/aromatic N) is 3. The van der Waals surface area contributed by atoms with E-state index in [1.807, 2.05) is 6.92 Å². The molecule has 1 aliphatic heterocycles. The van der Waals surface area contributed by atoms with Crippen LogP contribution in [0.2, 0.25) is 0 Å². The van der Waals surface area contributed by atoms with Crippen molar-refractivity contribution in [2.24, 2.45) is 0 Å². The van der Waals surface area contributed by atoms with Crippen molar-refractivity contribution in [3.63, 3.8) is 0 Å². The van der Waals surface area contributed by atoms with Crippen molar-refractivity contribution in [2.75, 3.05) is 43.4 Å². The Kier molecular flexibility index (Phi) is 5.59. The molecule has 1 aliphatic rings.